The van der Waals surface area contributed by atoms with E-state index < -0.39 is 0 Å². The van der Waals surface area contributed by atoms with Crippen LogP contribution < -0.4 is 9.64 Å². The molecule has 25 heavy (non-hydrogen) atoms. The van der Waals surface area contributed by atoms with Gasteiger partial charge in [-0.05, 0) is 54.3 Å². The highest BCUT2D eigenvalue weighted by atomic mass is 16.5. The number of anilines is 1. The highest BCUT2D eigenvalue weighted by Gasteiger charge is 2.26. The summed E-state index contributed by atoms with van der Waals surface area (Å²) in [6, 6.07) is 11.4. The number of nitrogens with zero attached hydrogens (tertiary/aromatic N) is 1. The van der Waals surface area contributed by atoms with Crippen molar-refractivity contribution in [1.82, 2.24) is 0 Å². The number of hydrogen-bond acceptors (Lipinski definition) is 4. The number of hydrogen-bond donors (Lipinski definition) is 1. The van der Waals surface area contributed by atoms with Crippen LogP contribution in [0.25, 0.3) is 6.08 Å². The lowest BCUT2D eigenvalue weighted by molar-refractivity contribution is 0.104. The first kappa shape index (κ1) is 15.8. The summed E-state index contributed by atoms with van der Waals surface area (Å²) in [4.78, 5) is 15.2. The summed E-state index contributed by atoms with van der Waals surface area (Å²) < 4.78 is 5.14. The van der Waals surface area contributed by atoms with Gasteiger partial charge in [-0.25, -0.2) is 0 Å². The number of fused-ring (bicyclic) bond motifs is 1. The molecule has 4 heteroatoms. The van der Waals surface area contributed by atoms with Crippen molar-refractivity contribution in [1.29, 1.82) is 0 Å². The van der Waals surface area contributed by atoms with Crippen LogP contribution in [0.15, 0.2) is 42.0 Å². The van der Waals surface area contributed by atoms with Gasteiger partial charge in [0, 0.05) is 36.3 Å². The summed E-state index contributed by atoms with van der Waals surface area (Å²) in [5, 5.41) is 9.71. The molecule has 1 saturated heterocycles. The number of aromatic hydroxyl groups is 1. The highest BCUT2D eigenvalue weighted by molar-refractivity contribution is 6.16. The minimum atomic E-state index is 0.0981. The van der Waals surface area contributed by atoms with E-state index in [0.717, 1.165) is 41.0 Å². The molecule has 1 N–H and O–H groups in total. The standard InChI is InChI=1S/C21H21NO3/c1-25-20-11-14(4-7-19(20)23)10-16-12-15-5-6-17(13-18(15)21(16)24)22-8-2-3-9-22/h4-7,10-11,13,23H,2-3,8-9,12H2,1H3/b16-10+. The molecule has 0 amide bonds. The molecule has 2 aliphatic rings. The van der Waals surface area contributed by atoms with Gasteiger partial charge >= 0.3 is 0 Å². The lowest BCUT2D eigenvalue weighted by Crippen LogP contribution is -2.17. The van der Waals surface area contributed by atoms with E-state index in [1.54, 1.807) is 18.2 Å². The number of allylic oxidation sites excluding steroid dienone is 1. The van der Waals surface area contributed by atoms with Crippen LogP contribution in [0.1, 0.15) is 34.3 Å². The van der Waals surface area contributed by atoms with E-state index >= 15 is 0 Å². The normalized spacial score (nSPS) is 18.0. The maximum atomic E-state index is 12.8. The lowest BCUT2D eigenvalue weighted by Gasteiger charge is -2.18. The maximum absolute atomic E-state index is 12.8. The summed E-state index contributed by atoms with van der Waals surface area (Å²) in [5.74, 6) is 0.609. The van der Waals surface area contributed by atoms with E-state index in [9.17, 15) is 9.90 Å². The smallest absolute Gasteiger partial charge is 0.189 e. The number of phenols is 1. The number of carbonyl (C=O) groups is 1. The molecule has 0 spiro atoms. The predicted molar refractivity (Wildman–Crippen MR) is 98.6 cm³/mol. The van der Waals surface area contributed by atoms with Crippen molar-refractivity contribution >= 4 is 17.5 Å². The highest BCUT2D eigenvalue weighted by Crippen LogP contribution is 2.33. The number of benzene rings is 2. The zero-order valence-corrected chi connectivity index (χ0v) is 14.3. The quantitative estimate of drug-likeness (QED) is 0.866. The first-order valence-corrected chi connectivity index (χ1v) is 8.66. The minimum absolute atomic E-state index is 0.0981. The molecule has 0 radical (unpaired) electrons. The van der Waals surface area contributed by atoms with Gasteiger partial charge in [0.25, 0.3) is 0 Å². The summed E-state index contributed by atoms with van der Waals surface area (Å²) >= 11 is 0. The fourth-order valence-corrected chi connectivity index (χ4v) is 3.66. The topological polar surface area (TPSA) is 49.8 Å². The number of methoxy groups -OCH3 is 1. The second-order valence-electron chi connectivity index (χ2n) is 6.64. The zero-order valence-electron chi connectivity index (χ0n) is 14.3. The molecule has 2 aromatic carbocycles. The van der Waals surface area contributed by atoms with Crippen LogP contribution in [0.2, 0.25) is 0 Å². The number of ketones is 1. The third-order valence-electron chi connectivity index (χ3n) is 5.03. The van der Waals surface area contributed by atoms with Crippen molar-refractivity contribution in [2.45, 2.75) is 19.3 Å². The molecule has 4 rings (SSSR count). The van der Waals surface area contributed by atoms with Crippen LogP contribution in [-0.4, -0.2) is 31.1 Å². The monoisotopic (exact) mass is 335 g/mol. The SMILES string of the molecule is COc1cc(/C=C2\Cc3ccc(N4CCCC4)cc3C2=O)ccc1O. The summed E-state index contributed by atoms with van der Waals surface area (Å²) in [6.45, 7) is 2.14. The molecule has 1 heterocycles. The van der Waals surface area contributed by atoms with Crippen molar-refractivity contribution < 1.29 is 14.6 Å². The Balaban J connectivity index is 1.63. The van der Waals surface area contributed by atoms with Crippen LogP contribution in [-0.2, 0) is 6.42 Å². The van der Waals surface area contributed by atoms with Crippen molar-refractivity contribution in [3.63, 3.8) is 0 Å². The van der Waals surface area contributed by atoms with E-state index in [1.807, 2.05) is 12.1 Å². The van der Waals surface area contributed by atoms with Gasteiger partial charge in [-0.15, -0.1) is 0 Å². The van der Waals surface area contributed by atoms with Gasteiger partial charge in [0.15, 0.2) is 17.3 Å². The van der Waals surface area contributed by atoms with Crippen LogP contribution in [0, 0.1) is 0 Å². The molecule has 128 valence electrons. The van der Waals surface area contributed by atoms with Gasteiger partial charge in [0.2, 0.25) is 0 Å². The fraction of sp³-hybridized carbons (Fsp3) is 0.286. The van der Waals surface area contributed by atoms with Crippen molar-refractivity contribution in [2.75, 3.05) is 25.1 Å². The zero-order chi connectivity index (χ0) is 17.4. The molecule has 0 atom stereocenters. The van der Waals surface area contributed by atoms with Crippen molar-refractivity contribution in [3.05, 3.63) is 58.7 Å². The van der Waals surface area contributed by atoms with Gasteiger partial charge < -0.3 is 14.7 Å². The first-order valence-electron chi connectivity index (χ1n) is 8.66. The second-order valence-corrected chi connectivity index (χ2v) is 6.64. The van der Waals surface area contributed by atoms with Gasteiger partial charge in [0.1, 0.15) is 0 Å². The predicted octanol–water partition coefficient (Wildman–Crippen LogP) is 3.82. The number of phenolic OH excluding ortho intramolecular Hbond substituents is 1. The van der Waals surface area contributed by atoms with Crippen molar-refractivity contribution in [3.8, 4) is 11.5 Å². The third-order valence-corrected chi connectivity index (χ3v) is 5.03. The van der Waals surface area contributed by atoms with E-state index in [1.165, 1.54) is 20.0 Å². The van der Waals surface area contributed by atoms with E-state index in [-0.39, 0.29) is 11.5 Å². The molecule has 2 aromatic rings. The molecule has 4 nitrogen and oxygen atoms in total. The maximum Gasteiger partial charge on any atom is 0.189 e. The Morgan fingerprint density at radius 2 is 1.92 bits per heavy atom. The largest absolute Gasteiger partial charge is 0.504 e. The number of carbonyl (C=O) groups excluding carboxylic acids is 1. The Morgan fingerprint density at radius 3 is 2.68 bits per heavy atom. The van der Waals surface area contributed by atoms with Crippen LogP contribution in [0.3, 0.4) is 0 Å². The Morgan fingerprint density at radius 1 is 1.12 bits per heavy atom. The van der Waals surface area contributed by atoms with Gasteiger partial charge in [-0.3, -0.25) is 4.79 Å². The number of rotatable bonds is 3. The van der Waals surface area contributed by atoms with Crippen LogP contribution in [0.5, 0.6) is 11.5 Å². The molecule has 0 saturated carbocycles. The van der Waals surface area contributed by atoms with Crippen molar-refractivity contribution in [2.24, 2.45) is 0 Å². The van der Waals surface area contributed by atoms with Crippen LogP contribution >= 0.6 is 0 Å². The molecule has 1 aliphatic heterocycles. The molecular formula is C21H21NO3. The first-order chi connectivity index (χ1) is 12.2. The molecule has 0 aromatic heterocycles. The summed E-state index contributed by atoms with van der Waals surface area (Å²) in [6.07, 6.45) is 4.98. The van der Waals surface area contributed by atoms with Crippen LogP contribution in [0.4, 0.5) is 5.69 Å². The van der Waals surface area contributed by atoms with Gasteiger partial charge in [-0.1, -0.05) is 12.1 Å². The Bertz CT molecular complexity index is 863. The Labute approximate surface area is 147 Å². The second kappa shape index (κ2) is 6.28. The fourth-order valence-electron chi connectivity index (χ4n) is 3.66. The third kappa shape index (κ3) is 2.88. The molecule has 1 fully saturated rings. The van der Waals surface area contributed by atoms with E-state index in [4.69, 9.17) is 4.74 Å². The van der Waals surface area contributed by atoms with Gasteiger partial charge in [0.05, 0.1) is 7.11 Å². The summed E-state index contributed by atoms with van der Waals surface area (Å²) in [5.41, 5.74) is 4.69. The molecular weight excluding hydrogens is 314 g/mol. The lowest BCUT2D eigenvalue weighted by atomic mass is 10.1. The Hall–Kier alpha value is -2.75. The number of ether oxygens (including phenoxy) is 1. The number of Topliss-reactive ketones (excluding diaryl/α,β-unsaturated/α-hetero) is 1. The summed E-state index contributed by atoms with van der Waals surface area (Å²) in [7, 11) is 1.52. The average molecular weight is 335 g/mol. The minimum Gasteiger partial charge on any atom is -0.504 e. The van der Waals surface area contributed by atoms with E-state index in [2.05, 4.69) is 17.0 Å². The molecule has 0 unspecified atom stereocenters. The molecule has 0 bridgehead atoms. The average Bonchev–Trinajstić information content (AvgIpc) is 3.26. The van der Waals surface area contributed by atoms with E-state index in [0.29, 0.717) is 12.2 Å². The Kier molecular flexibility index (Phi) is 3.96. The molecule has 1 aliphatic carbocycles. The van der Waals surface area contributed by atoms with Gasteiger partial charge in [-0.2, -0.15) is 0 Å².